The van der Waals surface area contributed by atoms with Gasteiger partial charge >= 0.3 is 0 Å². The first-order chi connectivity index (χ1) is 9.26. The molecule has 0 spiro atoms. The van der Waals surface area contributed by atoms with Crippen LogP contribution in [0.4, 0.5) is 0 Å². The Morgan fingerprint density at radius 3 is 2.68 bits per heavy atom. The van der Waals surface area contributed by atoms with Gasteiger partial charge in [-0.25, -0.2) is 4.98 Å². The highest BCUT2D eigenvalue weighted by molar-refractivity contribution is 4.97. The van der Waals surface area contributed by atoms with Crippen molar-refractivity contribution in [3.05, 3.63) is 18.2 Å². The summed E-state index contributed by atoms with van der Waals surface area (Å²) in [6.07, 6.45) is 8.50. The zero-order valence-electron chi connectivity index (χ0n) is 12.9. The van der Waals surface area contributed by atoms with Crippen molar-refractivity contribution in [3.8, 4) is 0 Å². The highest BCUT2D eigenvalue weighted by Gasteiger charge is 2.21. The smallest absolute Gasteiger partial charge is 0.110 e. The topological polar surface area (TPSA) is 39.1 Å². The first-order valence-corrected chi connectivity index (χ1v) is 7.52. The molecule has 1 heterocycles. The molecule has 19 heavy (non-hydrogen) atoms. The van der Waals surface area contributed by atoms with Gasteiger partial charge in [-0.05, 0) is 26.3 Å². The fourth-order valence-electron chi connectivity index (χ4n) is 2.45. The van der Waals surface area contributed by atoms with Crippen LogP contribution in [0.2, 0.25) is 0 Å². The maximum absolute atomic E-state index is 5.67. The summed E-state index contributed by atoms with van der Waals surface area (Å²) < 4.78 is 7.88. The van der Waals surface area contributed by atoms with Crippen molar-refractivity contribution in [2.75, 3.05) is 13.7 Å². The second kappa shape index (κ2) is 9.10. The van der Waals surface area contributed by atoms with Gasteiger partial charge in [0.15, 0.2) is 0 Å². The predicted octanol–water partition coefficient (Wildman–Crippen LogP) is 2.63. The molecule has 0 aromatic carbocycles. The summed E-state index contributed by atoms with van der Waals surface area (Å²) in [6.45, 7) is 8.55. The van der Waals surface area contributed by atoms with Crippen LogP contribution in [-0.2, 0) is 17.7 Å². The SMILES string of the molecule is CCCNC(Cc1nccn1CC)C(CCC)OC. The molecule has 0 radical (unpaired) electrons. The van der Waals surface area contributed by atoms with Crippen molar-refractivity contribution >= 4 is 0 Å². The lowest BCUT2D eigenvalue weighted by Gasteiger charge is -2.27. The number of imidazole rings is 1. The van der Waals surface area contributed by atoms with Gasteiger partial charge in [-0.15, -0.1) is 0 Å². The van der Waals surface area contributed by atoms with Crippen molar-refractivity contribution in [1.29, 1.82) is 0 Å². The minimum atomic E-state index is 0.263. The van der Waals surface area contributed by atoms with E-state index in [0.29, 0.717) is 6.04 Å². The molecular weight excluding hydrogens is 238 g/mol. The molecule has 0 saturated carbocycles. The summed E-state index contributed by atoms with van der Waals surface area (Å²) in [5.41, 5.74) is 0. The number of rotatable bonds is 10. The molecule has 0 bridgehead atoms. The summed E-state index contributed by atoms with van der Waals surface area (Å²) in [4.78, 5) is 4.48. The van der Waals surface area contributed by atoms with Gasteiger partial charge in [-0.2, -0.15) is 0 Å². The average molecular weight is 267 g/mol. The Morgan fingerprint density at radius 1 is 1.32 bits per heavy atom. The Labute approximate surface area is 117 Å². The third kappa shape index (κ3) is 4.96. The maximum Gasteiger partial charge on any atom is 0.110 e. The van der Waals surface area contributed by atoms with Crippen LogP contribution < -0.4 is 5.32 Å². The van der Waals surface area contributed by atoms with Crippen LogP contribution in [0.15, 0.2) is 12.4 Å². The second-order valence-electron chi connectivity index (χ2n) is 4.96. The fraction of sp³-hybridized carbons (Fsp3) is 0.800. The van der Waals surface area contributed by atoms with Crippen LogP contribution in [0.1, 0.15) is 45.9 Å². The molecule has 1 N–H and O–H groups in total. The van der Waals surface area contributed by atoms with E-state index < -0.39 is 0 Å². The van der Waals surface area contributed by atoms with E-state index in [0.717, 1.165) is 44.6 Å². The van der Waals surface area contributed by atoms with Crippen LogP contribution in [-0.4, -0.2) is 35.4 Å². The van der Waals surface area contributed by atoms with E-state index in [9.17, 15) is 0 Å². The van der Waals surface area contributed by atoms with Gasteiger partial charge in [-0.3, -0.25) is 0 Å². The molecule has 1 aromatic rings. The third-order valence-corrected chi connectivity index (χ3v) is 3.53. The molecule has 4 nitrogen and oxygen atoms in total. The monoisotopic (exact) mass is 267 g/mol. The zero-order chi connectivity index (χ0) is 14.1. The van der Waals surface area contributed by atoms with Crippen LogP contribution in [0, 0.1) is 0 Å². The van der Waals surface area contributed by atoms with Gasteiger partial charge in [0.05, 0.1) is 6.10 Å². The van der Waals surface area contributed by atoms with E-state index in [4.69, 9.17) is 4.74 Å². The number of nitrogens with one attached hydrogen (secondary N) is 1. The molecule has 0 saturated heterocycles. The van der Waals surface area contributed by atoms with E-state index in [-0.39, 0.29) is 6.10 Å². The number of ether oxygens (including phenoxy) is 1. The zero-order valence-corrected chi connectivity index (χ0v) is 12.9. The molecule has 0 aliphatic carbocycles. The van der Waals surface area contributed by atoms with E-state index in [2.05, 4.69) is 35.6 Å². The lowest BCUT2D eigenvalue weighted by molar-refractivity contribution is 0.0600. The van der Waals surface area contributed by atoms with Crippen LogP contribution in [0.5, 0.6) is 0 Å². The summed E-state index contributed by atoms with van der Waals surface area (Å²) in [5.74, 6) is 1.15. The third-order valence-electron chi connectivity index (χ3n) is 3.53. The molecule has 2 atom stereocenters. The highest BCUT2D eigenvalue weighted by Crippen LogP contribution is 2.12. The summed E-state index contributed by atoms with van der Waals surface area (Å²) in [6, 6.07) is 0.345. The van der Waals surface area contributed by atoms with Gasteiger partial charge in [0.2, 0.25) is 0 Å². The number of aryl methyl sites for hydroxylation is 1. The van der Waals surface area contributed by atoms with Crippen molar-refractivity contribution < 1.29 is 4.74 Å². The summed E-state index contributed by atoms with van der Waals surface area (Å²) in [7, 11) is 1.81. The van der Waals surface area contributed by atoms with E-state index >= 15 is 0 Å². The number of hydrogen-bond donors (Lipinski definition) is 1. The number of nitrogens with zero attached hydrogens (tertiary/aromatic N) is 2. The van der Waals surface area contributed by atoms with Gasteiger partial charge in [0.1, 0.15) is 5.82 Å². The Hall–Kier alpha value is -0.870. The van der Waals surface area contributed by atoms with E-state index in [1.165, 1.54) is 0 Å². The number of hydrogen-bond acceptors (Lipinski definition) is 3. The quantitative estimate of drug-likeness (QED) is 0.708. The predicted molar refractivity (Wildman–Crippen MR) is 79.4 cm³/mol. The van der Waals surface area contributed by atoms with E-state index in [1.54, 1.807) is 0 Å². The highest BCUT2D eigenvalue weighted by atomic mass is 16.5. The maximum atomic E-state index is 5.67. The van der Waals surface area contributed by atoms with Crippen LogP contribution in [0.25, 0.3) is 0 Å². The molecule has 0 amide bonds. The van der Waals surface area contributed by atoms with Crippen molar-refractivity contribution in [3.63, 3.8) is 0 Å². The Bertz CT molecular complexity index is 338. The minimum absolute atomic E-state index is 0.263. The van der Waals surface area contributed by atoms with Gasteiger partial charge in [0.25, 0.3) is 0 Å². The molecule has 0 fully saturated rings. The molecule has 0 aliphatic rings. The Kier molecular flexibility index (Phi) is 7.75. The number of methoxy groups -OCH3 is 1. The molecule has 2 unspecified atom stereocenters. The van der Waals surface area contributed by atoms with Gasteiger partial charge < -0.3 is 14.6 Å². The first-order valence-electron chi connectivity index (χ1n) is 7.52. The fourth-order valence-corrected chi connectivity index (χ4v) is 2.45. The van der Waals surface area contributed by atoms with Crippen LogP contribution in [0.3, 0.4) is 0 Å². The lowest BCUT2D eigenvalue weighted by atomic mass is 10.0. The summed E-state index contributed by atoms with van der Waals surface area (Å²) in [5, 5.41) is 3.62. The molecule has 110 valence electrons. The van der Waals surface area contributed by atoms with Gasteiger partial charge in [0, 0.05) is 38.5 Å². The van der Waals surface area contributed by atoms with Crippen molar-refractivity contribution in [2.45, 2.75) is 65.1 Å². The summed E-state index contributed by atoms with van der Waals surface area (Å²) >= 11 is 0. The largest absolute Gasteiger partial charge is 0.380 e. The molecule has 4 heteroatoms. The average Bonchev–Trinajstić information content (AvgIpc) is 2.88. The molecule has 0 aliphatic heterocycles. The Morgan fingerprint density at radius 2 is 2.11 bits per heavy atom. The Balaban J connectivity index is 2.72. The van der Waals surface area contributed by atoms with Crippen molar-refractivity contribution in [2.24, 2.45) is 0 Å². The lowest BCUT2D eigenvalue weighted by Crippen LogP contribution is -2.43. The second-order valence-corrected chi connectivity index (χ2v) is 4.96. The van der Waals surface area contributed by atoms with E-state index in [1.807, 2.05) is 19.5 Å². The first kappa shape index (κ1) is 16.2. The molecule has 1 rings (SSSR count). The molecule has 1 aromatic heterocycles. The normalized spacial score (nSPS) is 14.5. The molecular formula is C15H29N3O. The minimum Gasteiger partial charge on any atom is -0.380 e. The van der Waals surface area contributed by atoms with Crippen LogP contribution >= 0.6 is 0 Å². The van der Waals surface area contributed by atoms with Gasteiger partial charge in [-0.1, -0.05) is 20.3 Å². The van der Waals surface area contributed by atoms with Crippen molar-refractivity contribution in [1.82, 2.24) is 14.9 Å². The standard InChI is InChI=1S/C15H29N3O/c1-5-8-14(19-4)13(16-9-6-2)12-15-17-10-11-18(15)7-3/h10-11,13-14,16H,5-9,12H2,1-4H3. The number of aromatic nitrogens is 2.